The summed E-state index contributed by atoms with van der Waals surface area (Å²) >= 11 is 0.714. The van der Waals surface area contributed by atoms with Gasteiger partial charge in [-0.2, -0.15) is 17.5 Å². The average molecular weight is 283 g/mol. The molecule has 9 heteroatoms. The number of rotatable bonds is 5. The molecule has 0 saturated carbocycles. The summed E-state index contributed by atoms with van der Waals surface area (Å²) in [6.45, 7) is 2.43. The van der Waals surface area contributed by atoms with Gasteiger partial charge in [0, 0.05) is 18.0 Å². The fourth-order valence-electron chi connectivity index (χ4n) is 1.09. The Balaban J connectivity index is 2.94. The third-order valence-corrected chi connectivity index (χ3v) is 2.96. The second-order valence-corrected chi connectivity index (χ2v) is 4.57. The van der Waals surface area contributed by atoms with Crippen molar-refractivity contribution < 1.29 is 23.1 Å². The first-order valence-electron chi connectivity index (χ1n) is 5.11. The van der Waals surface area contributed by atoms with Crippen molar-refractivity contribution in [3.63, 3.8) is 0 Å². The number of nitrogens with zero attached hydrogens (tertiary/aromatic N) is 2. The van der Waals surface area contributed by atoms with E-state index in [1.54, 1.807) is 0 Å². The predicted octanol–water partition coefficient (Wildman–Crippen LogP) is 2.31. The summed E-state index contributed by atoms with van der Waals surface area (Å²) in [6, 6.07) is 0. The zero-order valence-electron chi connectivity index (χ0n) is 9.71. The number of aromatic nitrogens is 2. The first-order valence-corrected chi connectivity index (χ1v) is 5.89. The molecule has 0 spiro atoms. The number of anilines is 1. The standard InChI is InChI=1S/C9H12F3N3O2S/c1-3-4-5-13-7(18-15-5)14-8(2,6(16)17)9(10,11)12/h3-4H2,1-2H3,(H,16,17)(H,13,14,15). The maximum absolute atomic E-state index is 12.7. The number of hydrogen-bond acceptors (Lipinski definition) is 5. The van der Waals surface area contributed by atoms with Crippen LogP contribution in [0.25, 0.3) is 0 Å². The van der Waals surface area contributed by atoms with E-state index in [1.165, 1.54) is 0 Å². The summed E-state index contributed by atoms with van der Waals surface area (Å²) < 4.78 is 42.0. The highest BCUT2D eigenvalue weighted by atomic mass is 32.1. The first-order chi connectivity index (χ1) is 8.20. The number of alkyl halides is 3. The summed E-state index contributed by atoms with van der Waals surface area (Å²) in [5.41, 5.74) is -3.07. The van der Waals surface area contributed by atoms with Crippen LogP contribution in [0.1, 0.15) is 26.1 Å². The maximum atomic E-state index is 12.7. The van der Waals surface area contributed by atoms with Gasteiger partial charge >= 0.3 is 12.1 Å². The molecular weight excluding hydrogens is 271 g/mol. The lowest BCUT2D eigenvalue weighted by atomic mass is 10.0. The van der Waals surface area contributed by atoms with E-state index in [-0.39, 0.29) is 5.13 Å². The van der Waals surface area contributed by atoms with Crippen molar-refractivity contribution in [3.05, 3.63) is 5.82 Å². The quantitative estimate of drug-likeness (QED) is 0.867. The highest BCUT2D eigenvalue weighted by molar-refractivity contribution is 7.09. The Hall–Kier alpha value is -1.38. The van der Waals surface area contributed by atoms with E-state index in [4.69, 9.17) is 5.11 Å². The van der Waals surface area contributed by atoms with Gasteiger partial charge in [0.05, 0.1) is 0 Å². The van der Waals surface area contributed by atoms with Gasteiger partial charge in [0.2, 0.25) is 10.7 Å². The zero-order valence-corrected chi connectivity index (χ0v) is 10.5. The van der Waals surface area contributed by atoms with Crippen LogP contribution in [0.4, 0.5) is 18.3 Å². The van der Waals surface area contributed by atoms with Crippen molar-refractivity contribution in [2.75, 3.05) is 5.32 Å². The normalized spacial score (nSPS) is 15.2. The van der Waals surface area contributed by atoms with Crippen molar-refractivity contribution in [3.8, 4) is 0 Å². The van der Waals surface area contributed by atoms with Crippen LogP contribution in [0.2, 0.25) is 0 Å². The van der Waals surface area contributed by atoms with Crippen LogP contribution in [0.15, 0.2) is 0 Å². The van der Waals surface area contributed by atoms with Gasteiger partial charge in [-0.05, 0) is 13.3 Å². The van der Waals surface area contributed by atoms with Gasteiger partial charge in [-0.3, -0.25) is 0 Å². The number of aryl methyl sites for hydroxylation is 1. The summed E-state index contributed by atoms with van der Waals surface area (Å²) in [6.07, 6.45) is -3.64. The molecule has 1 heterocycles. The molecule has 0 amide bonds. The number of carboxylic acids is 1. The zero-order chi connectivity index (χ0) is 14.0. The van der Waals surface area contributed by atoms with Crippen molar-refractivity contribution in [1.29, 1.82) is 0 Å². The lowest BCUT2D eigenvalue weighted by molar-refractivity contribution is -0.192. The Labute approximate surface area is 105 Å². The molecule has 0 bridgehead atoms. The summed E-state index contributed by atoms with van der Waals surface area (Å²) in [5, 5.41) is 10.5. The minimum absolute atomic E-state index is 0.152. The number of carbonyl (C=O) groups is 1. The molecule has 18 heavy (non-hydrogen) atoms. The van der Waals surface area contributed by atoms with E-state index >= 15 is 0 Å². The minimum atomic E-state index is -4.94. The van der Waals surface area contributed by atoms with Gasteiger partial charge < -0.3 is 10.4 Å². The van der Waals surface area contributed by atoms with E-state index in [9.17, 15) is 18.0 Å². The molecule has 1 aromatic rings. The number of nitrogens with one attached hydrogen (secondary N) is 1. The molecule has 102 valence electrons. The lowest BCUT2D eigenvalue weighted by Crippen LogP contribution is -2.55. The summed E-state index contributed by atoms with van der Waals surface area (Å²) in [5.74, 6) is -1.61. The maximum Gasteiger partial charge on any atom is 0.422 e. The van der Waals surface area contributed by atoms with Crippen LogP contribution < -0.4 is 5.32 Å². The van der Waals surface area contributed by atoms with E-state index < -0.39 is 17.7 Å². The van der Waals surface area contributed by atoms with Crippen LogP contribution >= 0.6 is 11.5 Å². The van der Waals surface area contributed by atoms with E-state index in [0.717, 1.165) is 6.42 Å². The number of carboxylic acid groups (broad SMARTS) is 1. The van der Waals surface area contributed by atoms with Gasteiger partial charge in [0.1, 0.15) is 5.82 Å². The molecule has 0 aliphatic heterocycles. The van der Waals surface area contributed by atoms with Gasteiger partial charge in [-0.15, -0.1) is 0 Å². The van der Waals surface area contributed by atoms with E-state index in [2.05, 4.69) is 9.36 Å². The Kier molecular flexibility index (Phi) is 4.15. The summed E-state index contributed by atoms with van der Waals surface area (Å²) in [4.78, 5) is 14.6. The second kappa shape index (κ2) is 5.09. The molecule has 0 aliphatic carbocycles. The lowest BCUT2D eigenvalue weighted by Gasteiger charge is -2.27. The second-order valence-electron chi connectivity index (χ2n) is 3.82. The van der Waals surface area contributed by atoms with Crippen molar-refractivity contribution >= 4 is 22.6 Å². The number of hydrogen-bond donors (Lipinski definition) is 2. The van der Waals surface area contributed by atoms with Crippen LogP contribution in [-0.2, 0) is 11.2 Å². The molecule has 5 nitrogen and oxygen atoms in total. The highest BCUT2D eigenvalue weighted by Gasteiger charge is 2.58. The minimum Gasteiger partial charge on any atom is -0.479 e. The molecular formula is C9H12F3N3O2S. The summed E-state index contributed by atoms with van der Waals surface area (Å²) in [7, 11) is 0. The van der Waals surface area contributed by atoms with Crippen LogP contribution in [0.5, 0.6) is 0 Å². The molecule has 0 fully saturated rings. The van der Waals surface area contributed by atoms with Gasteiger partial charge in [0.15, 0.2) is 0 Å². The van der Waals surface area contributed by atoms with Crippen LogP contribution in [0.3, 0.4) is 0 Å². The fourth-order valence-corrected chi connectivity index (χ4v) is 1.81. The average Bonchev–Trinajstić information content (AvgIpc) is 2.64. The molecule has 1 aromatic heterocycles. The highest BCUT2D eigenvalue weighted by Crippen LogP contribution is 2.34. The Morgan fingerprint density at radius 2 is 2.11 bits per heavy atom. The van der Waals surface area contributed by atoms with Crippen molar-refractivity contribution in [1.82, 2.24) is 9.36 Å². The molecule has 0 aliphatic rings. The van der Waals surface area contributed by atoms with Crippen molar-refractivity contribution in [2.45, 2.75) is 38.4 Å². The van der Waals surface area contributed by atoms with Gasteiger partial charge in [-0.1, -0.05) is 6.92 Å². The molecule has 0 aromatic carbocycles. The third kappa shape index (κ3) is 2.89. The molecule has 1 unspecified atom stereocenters. The van der Waals surface area contributed by atoms with Crippen molar-refractivity contribution in [2.24, 2.45) is 0 Å². The first kappa shape index (κ1) is 14.7. The topological polar surface area (TPSA) is 75.1 Å². The smallest absolute Gasteiger partial charge is 0.422 e. The molecule has 1 atom stereocenters. The number of aliphatic carboxylic acids is 1. The largest absolute Gasteiger partial charge is 0.479 e. The molecule has 0 radical (unpaired) electrons. The number of halogens is 3. The Morgan fingerprint density at radius 1 is 1.50 bits per heavy atom. The van der Waals surface area contributed by atoms with Gasteiger partial charge in [0.25, 0.3) is 0 Å². The fraction of sp³-hybridized carbons (Fsp3) is 0.667. The monoisotopic (exact) mass is 283 g/mol. The van der Waals surface area contributed by atoms with Gasteiger partial charge in [-0.25, -0.2) is 9.78 Å². The van der Waals surface area contributed by atoms with Crippen LogP contribution in [0, 0.1) is 0 Å². The third-order valence-electron chi connectivity index (χ3n) is 2.29. The van der Waals surface area contributed by atoms with Crippen LogP contribution in [-0.4, -0.2) is 32.1 Å². The molecule has 2 N–H and O–H groups in total. The van der Waals surface area contributed by atoms with E-state index in [0.29, 0.717) is 30.7 Å². The predicted molar refractivity (Wildman–Crippen MR) is 59.6 cm³/mol. The Bertz CT molecular complexity index is 435. The molecule has 0 saturated heterocycles. The Morgan fingerprint density at radius 3 is 2.56 bits per heavy atom. The van der Waals surface area contributed by atoms with E-state index in [1.807, 2.05) is 12.2 Å². The molecule has 1 rings (SSSR count). The SMILES string of the molecule is CCCc1nsc(NC(C)(C(=O)O)C(F)(F)F)n1.